The largest absolute Gasteiger partial charge is 0.445 e. The van der Waals surface area contributed by atoms with Gasteiger partial charge >= 0.3 is 6.18 Å². The molecular weight excluding hydrogens is 349 g/mol. The van der Waals surface area contributed by atoms with Gasteiger partial charge in [0.15, 0.2) is 11.6 Å². The summed E-state index contributed by atoms with van der Waals surface area (Å²) in [4.78, 5) is 16.3. The Bertz CT molecular complexity index is 973. The third-order valence-electron chi connectivity index (χ3n) is 3.73. The van der Waals surface area contributed by atoms with Crippen LogP contribution in [0.2, 0.25) is 0 Å². The van der Waals surface area contributed by atoms with Crippen LogP contribution in [0.5, 0.6) is 0 Å². The van der Waals surface area contributed by atoms with Crippen molar-refractivity contribution in [3.63, 3.8) is 0 Å². The zero-order chi connectivity index (χ0) is 19.1. The Labute approximate surface area is 146 Å². The van der Waals surface area contributed by atoms with Crippen molar-refractivity contribution in [3.8, 4) is 11.3 Å². The minimum Gasteiger partial charge on any atom is -0.445 e. The smallest absolute Gasteiger partial charge is 0.416 e. The maximum absolute atomic E-state index is 12.9. The van der Waals surface area contributed by atoms with E-state index < -0.39 is 17.6 Å². The highest BCUT2D eigenvalue weighted by atomic mass is 19.4. The van der Waals surface area contributed by atoms with Gasteiger partial charge in [-0.15, -0.1) is 0 Å². The van der Waals surface area contributed by atoms with Crippen LogP contribution in [-0.4, -0.2) is 20.7 Å². The fraction of sp³-hybridized carbons (Fsp3) is 0.235. The van der Waals surface area contributed by atoms with Gasteiger partial charge in [0.05, 0.1) is 11.3 Å². The molecule has 0 bridgehead atoms. The maximum Gasteiger partial charge on any atom is 0.416 e. The Kier molecular flexibility index (Phi) is 4.31. The van der Waals surface area contributed by atoms with Crippen molar-refractivity contribution in [2.24, 2.45) is 7.05 Å². The highest BCUT2D eigenvalue weighted by molar-refractivity contribution is 6.03. The minimum absolute atomic E-state index is 0.143. The highest BCUT2D eigenvalue weighted by Gasteiger charge is 2.30. The van der Waals surface area contributed by atoms with E-state index in [9.17, 15) is 18.0 Å². The topological polar surface area (TPSA) is 73.0 Å². The molecule has 6 nitrogen and oxygen atoms in total. The Morgan fingerprint density at radius 3 is 2.58 bits per heavy atom. The van der Waals surface area contributed by atoms with Gasteiger partial charge in [0.1, 0.15) is 11.6 Å². The molecule has 0 spiro atoms. The first-order chi connectivity index (χ1) is 12.1. The van der Waals surface area contributed by atoms with Crippen LogP contribution in [0.3, 0.4) is 0 Å². The number of aryl methyl sites for hydroxylation is 3. The average molecular weight is 364 g/mol. The van der Waals surface area contributed by atoms with E-state index in [4.69, 9.17) is 4.42 Å². The molecule has 1 N–H and O–H groups in total. The first kappa shape index (κ1) is 17.7. The highest BCUT2D eigenvalue weighted by Crippen LogP contribution is 2.32. The van der Waals surface area contributed by atoms with Gasteiger partial charge in [-0.25, -0.2) is 4.98 Å². The summed E-state index contributed by atoms with van der Waals surface area (Å²) in [6.45, 7) is 3.24. The lowest BCUT2D eigenvalue weighted by atomic mass is 10.1. The molecule has 0 aliphatic heterocycles. The molecule has 136 valence electrons. The minimum atomic E-state index is -4.44. The van der Waals surface area contributed by atoms with E-state index in [1.165, 1.54) is 22.9 Å². The van der Waals surface area contributed by atoms with Crippen LogP contribution >= 0.6 is 0 Å². The first-order valence-corrected chi connectivity index (χ1v) is 7.62. The van der Waals surface area contributed by atoms with E-state index in [0.29, 0.717) is 28.7 Å². The number of carbonyl (C=O) groups is 1. The number of anilines is 1. The van der Waals surface area contributed by atoms with E-state index in [1.807, 2.05) is 0 Å². The number of amides is 1. The van der Waals surface area contributed by atoms with Crippen LogP contribution in [0.4, 0.5) is 19.0 Å². The molecular formula is C17H15F3N4O2. The van der Waals surface area contributed by atoms with Crippen molar-refractivity contribution in [3.05, 3.63) is 53.2 Å². The number of aromatic nitrogens is 3. The van der Waals surface area contributed by atoms with Gasteiger partial charge < -0.3 is 9.73 Å². The fourth-order valence-corrected chi connectivity index (χ4v) is 2.50. The quantitative estimate of drug-likeness (QED) is 0.763. The first-order valence-electron chi connectivity index (χ1n) is 7.62. The molecule has 0 fully saturated rings. The summed E-state index contributed by atoms with van der Waals surface area (Å²) in [5.74, 6) is 0.572. The van der Waals surface area contributed by atoms with Crippen molar-refractivity contribution in [2.75, 3.05) is 5.32 Å². The molecule has 0 aliphatic carbocycles. The lowest BCUT2D eigenvalue weighted by molar-refractivity contribution is -0.137. The molecule has 3 aromatic rings. The predicted molar refractivity (Wildman–Crippen MR) is 87.6 cm³/mol. The van der Waals surface area contributed by atoms with Crippen molar-refractivity contribution >= 4 is 11.7 Å². The number of benzene rings is 1. The van der Waals surface area contributed by atoms with E-state index >= 15 is 0 Å². The van der Waals surface area contributed by atoms with Crippen LogP contribution < -0.4 is 5.32 Å². The standard InChI is InChI=1S/C17H15F3N4O2/c1-9-15(21-10(2)26-9)16(25)22-14-8-13(23-24(14)3)11-5-4-6-12(7-11)17(18,19)20/h4-8H,1-3H3,(H,22,25). The SMILES string of the molecule is Cc1nc(C(=O)Nc2cc(-c3cccc(C(F)(F)F)c3)nn2C)c(C)o1. The summed E-state index contributed by atoms with van der Waals surface area (Å²) in [5.41, 5.74) is -0.0180. The fourth-order valence-electron chi connectivity index (χ4n) is 2.50. The second-order valence-corrected chi connectivity index (χ2v) is 5.71. The van der Waals surface area contributed by atoms with Crippen LogP contribution in [-0.2, 0) is 13.2 Å². The van der Waals surface area contributed by atoms with Crippen LogP contribution in [0.15, 0.2) is 34.7 Å². The lowest BCUT2D eigenvalue weighted by Crippen LogP contribution is -2.15. The van der Waals surface area contributed by atoms with Crippen LogP contribution in [0.25, 0.3) is 11.3 Å². The molecule has 0 saturated heterocycles. The normalized spacial score (nSPS) is 11.6. The zero-order valence-electron chi connectivity index (χ0n) is 14.2. The molecule has 0 saturated carbocycles. The summed E-state index contributed by atoms with van der Waals surface area (Å²) in [6.07, 6.45) is -4.44. The van der Waals surface area contributed by atoms with E-state index in [-0.39, 0.29) is 5.69 Å². The maximum atomic E-state index is 12.9. The van der Waals surface area contributed by atoms with Gasteiger partial charge in [0, 0.05) is 25.6 Å². The molecule has 2 heterocycles. The Morgan fingerprint density at radius 1 is 1.23 bits per heavy atom. The second kappa shape index (κ2) is 6.32. The van der Waals surface area contributed by atoms with Gasteiger partial charge in [0.25, 0.3) is 5.91 Å². The third-order valence-corrected chi connectivity index (χ3v) is 3.73. The van der Waals surface area contributed by atoms with Crippen molar-refractivity contribution < 1.29 is 22.4 Å². The van der Waals surface area contributed by atoms with Gasteiger partial charge in [0.2, 0.25) is 0 Å². The van der Waals surface area contributed by atoms with E-state index in [2.05, 4.69) is 15.4 Å². The van der Waals surface area contributed by atoms with E-state index in [1.54, 1.807) is 20.9 Å². The number of nitrogens with zero attached hydrogens (tertiary/aromatic N) is 3. The third kappa shape index (κ3) is 3.46. The summed E-state index contributed by atoms with van der Waals surface area (Å²) in [5, 5.41) is 6.80. The van der Waals surface area contributed by atoms with Gasteiger partial charge in [-0.2, -0.15) is 18.3 Å². The molecule has 3 rings (SSSR count). The molecule has 26 heavy (non-hydrogen) atoms. The van der Waals surface area contributed by atoms with Crippen molar-refractivity contribution in [1.29, 1.82) is 0 Å². The summed E-state index contributed by atoms with van der Waals surface area (Å²) in [7, 11) is 1.58. The molecule has 9 heteroatoms. The monoisotopic (exact) mass is 364 g/mol. The zero-order valence-corrected chi connectivity index (χ0v) is 14.2. The summed E-state index contributed by atoms with van der Waals surface area (Å²) in [6, 6.07) is 6.33. The number of hydrogen-bond acceptors (Lipinski definition) is 4. The number of nitrogens with one attached hydrogen (secondary N) is 1. The Hall–Kier alpha value is -3.10. The molecule has 0 radical (unpaired) electrons. The summed E-state index contributed by atoms with van der Waals surface area (Å²) >= 11 is 0. The number of rotatable bonds is 3. The number of oxazole rings is 1. The average Bonchev–Trinajstić information content (AvgIpc) is 3.09. The van der Waals surface area contributed by atoms with E-state index in [0.717, 1.165) is 12.1 Å². The number of hydrogen-bond donors (Lipinski definition) is 1. The van der Waals surface area contributed by atoms with Crippen molar-refractivity contribution in [2.45, 2.75) is 20.0 Å². The summed E-state index contributed by atoms with van der Waals surface area (Å²) < 4.78 is 45.2. The Morgan fingerprint density at radius 2 is 1.96 bits per heavy atom. The number of carbonyl (C=O) groups excluding carboxylic acids is 1. The molecule has 1 aromatic carbocycles. The van der Waals surface area contributed by atoms with Crippen molar-refractivity contribution in [1.82, 2.24) is 14.8 Å². The molecule has 0 unspecified atom stereocenters. The van der Waals surface area contributed by atoms with Crippen LogP contribution in [0, 0.1) is 13.8 Å². The molecule has 1 amide bonds. The van der Waals surface area contributed by atoms with Gasteiger partial charge in [-0.05, 0) is 19.1 Å². The number of halogens is 3. The molecule has 0 atom stereocenters. The number of alkyl halides is 3. The van der Waals surface area contributed by atoms with Gasteiger partial charge in [-0.3, -0.25) is 9.48 Å². The Balaban J connectivity index is 1.88. The predicted octanol–water partition coefficient (Wildman–Crippen LogP) is 3.96. The molecule has 0 aliphatic rings. The molecule has 2 aromatic heterocycles. The van der Waals surface area contributed by atoms with Gasteiger partial charge in [-0.1, -0.05) is 12.1 Å². The van der Waals surface area contributed by atoms with Crippen LogP contribution in [0.1, 0.15) is 27.7 Å². The second-order valence-electron chi connectivity index (χ2n) is 5.71. The lowest BCUT2D eigenvalue weighted by Gasteiger charge is -2.07.